The zero-order chi connectivity index (χ0) is 7.95. The minimum Gasteiger partial charge on any atom is -0.317 e. The minimum atomic E-state index is 0. The summed E-state index contributed by atoms with van der Waals surface area (Å²) in [5.41, 5.74) is 1.38. The maximum Gasteiger partial charge on any atom is -0.00434 e. The van der Waals surface area contributed by atoms with Gasteiger partial charge in [0.1, 0.15) is 0 Å². The van der Waals surface area contributed by atoms with Crippen molar-refractivity contribution in [2.45, 2.75) is 39.5 Å². The highest BCUT2D eigenvalue weighted by molar-refractivity contribution is 5.85. The molecule has 2 aliphatic rings. The van der Waals surface area contributed by atoms with E-state index in [2.05, 4.69) is 19.2 Å². The van der Waals surface area contributed by atoms with Crippen molar-refractivity contribution >= 4 is 12.4 Å². The summed E-state index contributed by atoms with van der Waals surface area (Å²) >= 11 is 0. The Morgan fingerprint density at radius 3 is 1.75 bits per heavy atom. The number of hydrogen-bond donors (Lipinski definition) is 1. The van der Waals surface area contributed by atoms with Gasteiger partial charge in [-0.1, -0.05) is 13.8 Å². The van der Waals surface area contributed by atoms with Crippen molar-refractivity contribution in [2.75, 3.05) is 13.1 Å². The van der Waals surface area contributed by atoms with E-state index in [1.54, 1.807) is 0 Å². The highest BCUT2D eigenvalue weighted by Gasteiger charge is 2.52. The SMILES string of the molecule is CC1(C)CCC12CCNCC2.Cl. The molecule has 0 atom stereocenters. The van der Waals surface area contributed by atoms with Crippen LogP contribution in [0.1, 0.15) is 39.5 Å². The van der Waals surface area contributed by atoms with Crippen molar-refractivity contribution in [3.8, 4) is 0 Å². The van der Waals surface area contributed by atoms with Crippen LogP contribution >= 0.6 is 12.4 Å². The first-order valence-corrected chi connectivity index (χ1v) is 4.87. The quantitative estimate of drug-likeness (QED) is 0.618. The summed E-state index contributed by atoms with van der Waals surface area (Å²) in [7, 11) is 0. The first-order valence-electron chi connectivity index (χ1n) is 4.87. The predicted octanol–water partition coefficient (Wildman–Crippen LogP) is 2.60. The van der Waals surface area contributed by atoms with E-state index in [1.165, 1.54) is 38.8 Å². The molecule has 1 saturated carbocycles. The van der Waals surface area contributed by atoms with E-state index in [1.807, 2.05) is 0 Å². The van der Waals surface area contributed by atoms with Gasteiger partial charge < -0.3 is 5.32 Å². The first-order chi connectivity index (χ1) is 5.16. The predicted molar refractivity (Wildman–Crippen MR) is 54.8 cm³/mol. The number of hydrogen-bond acceptors (Lipinski definition) is 1. The van der Waals surface area contributed by atoms with E-state index in [4.69, 9.17) is 0 Å². The van der Waals surface area contributed by atoms with Gasteiger partial charge in [-0.05, 0) is 49.6 Å². The molecule has 1 heterocycles. The smallest absolute Gasteiger partial charge is 0.00434 e. The maximum absolute atomic E-state index is 3.45. The lowest BCUT2D eigenvalue weighted by Crippen LogP contribution is -2.52. The van der Waals surface area contributed by atoms with Gasteiger partial charge >= 0.3 is 0 Å². The maximum atomic E-state index is 3.45. The Bertz CT molecular complexity index is 159. The monoisotopic (exact) mass is 189 g/mol. The van der Waals surface area contributed by atoms with Crippen LogP contribution in [0.5, 0.6) is 0 Å². The summed E-state index contributed by atoms with van der Waals surface area (Å²) in [5.74, 6) is 0. The molecule has 0 unspecified atom stereocenters. The fourth-order valence-electron chi connectivity index (χ4n) is 2.81. The second-order valence-corrected chi connectivity index (χ2v) is 4.91. The number of piperidine rings is 1. The fraction of sp³-hybridized carbons (Fsp3) is 1.00. The van der Waals surface area contributed by atoms with Crippen molar-refractivity contribution in [2.24, 2.45) is 10.8 Å². The van der Waals surface area contributed by atoms with E-state index in [9.17, 15) is 0 Å². The van der Waals surface area contributed by atoms with Gasteiger partial charge in [-0.25, -0.2) is 0 Å². The number of halogens is 1. The van der Waals surface area contributed by atoms with E-state index in [0.717, 1.165) is 5.41 Å². The zero-order valence-electron chi connectivity index (χ0n) is 8.15. The molecule has 0 bridgehead atoms. The Morgan fingerprint density at radius 2 is 1.50 bits per heavy atom. The third kappa shape index (κ3) is 1.27. The molecule has 0 aromatic rings. The Morgan fingerprint density at radius 1 is 0.917 bits per heavy atom. The summed E-state index contributed by atoms with van der Waals surface area (Å²) in [4.78, 5) is 0. The highest BCUT2D eigenvalue weighted by Crippen LogP contribution is 2.60. The lowest BCUT2D eigenvalue weighted by molar-refractivity contribution is -0.0748. The minimum absolute atomic E-state index is 0. The second-order valence-electron chi connectivity index (χ2n) is 4.91. The average Bonchev–Trinajstić information content (AvgIpc) is 2.04. The molecule has 0 amide bonds. The van der Waals surface area contributed by atoms with Crippen LogP contribution in [0.4, 0.5) is 0 Å². The third-order valence-electron chi connectivity index (χ3n) is 4.22. The Hall–Kier alpha value is 0.250. The first kappa shape index (κ1) is 10.3. The Balaban J connectivity index is 0.000000720. The summed E-state index contributed by atoms with van der Waals surface area (Å²) in [6.45, 7) is 7.40. The third-order valence-corrected chi connectivity index (χ3v) is 4.22. The van der Waals surface area contributed by atoms with E-state index in [0.29, 0.717) is 5.41 Å². The van der Waals surface area contributed by atoms with E-state index < -0.39 is 0 Å². The standard InChI is InChI=1S/C10H19N.ClH/c1-9(2)3-4-10(9)5-7-11-8-6-10;/h11H,3-8H2,1-2H3;1H. The molecule has 1 nitrogen and oxygen atoms in total. The van der Waals surface area contributed by atoms with Crippen LogP contribution in [-0.4, -0.2) is 13.1 Å². The van der Waals surface area contributed by atoms with Gasteiger partial charge in [-0.3, -0.25) is 0 Å². The van der Waals surface area contributed by atoms with Crippen molar-refractivity contribution in [1.82, 2.24) is 5.32 Å². The fourth-order valence-corrected chi connectivity index (χ4v) is 2.81. The van der Waals surface area contributed by atoms with Crippen LogP contribution in [0.25, 0.3) is 0 Å². The molecular weight excluding hydrogens is 170 g/mol. The van der Waals surface area contributed by atoms with Crippen LogP contribution in [-0.2, 0) is 0 Å². The lowest BCUT2D eigenvalue weighted by Gasteiger charge is -2.58. The van der Waals surface area contributed by atoms with Gasteiger partial charge in [0.05, 0.1) is 0 Å². The number of nitrogens with one attached hydrogen (secondary N) is 1. The van der Waals surface area contributed by atoms with Crippen LogP contribution in [0, 0.1) is 10.8 Å². The molecule has 2 rings (SSSR count). The molecular formula is C10H20ClN. The second kappa shape index (κ2) is 3.19. The van der Waals surface area contributed by atoms with Crippen molar-refractivity contribution in [3.63, 3.8) is 0 Å². The van der Waals surface area contributed by atoms with Gasteiger partial charge in [-0.2, -0.15) is 0 Å². The van der Waals surface area contributed by atoms with E-state index in [-0.39, 0.29) is 12.4 Å². The molecule has 72 valence electrons. The van der Waals surface area contributed by atoms with Gasteiger partial charge in [0.25, 0.3) is 0 Å². The molecule has 1 saturated heterocycles. The molecule has 0 aromatic heterocycles. The van der Waals surface area contributed by atoms with Crippen LogP contribution in [0.2, 0.25) is 0 Å². The van der Waals surface area contributed by atoms with Crippen LogP contribution in [0.15, 0.2) is 0 Å². The summed E-state index contributed by atoms with van der Waals surface area (Å²) < 4.78 is 0. The highest BCUT2D eigenvalue weighted by atomic mass is 35.5. The normalized spacial score (nSPS) is 30.5. The average molecular weight is 190 g/mol. The van der Waals surface area contributed by atoms with Gasteiger partial charge in [0.15, 0.2) is 0 Å². The Kier molecular flexibility index (Phi) is 2.75. The van der Waals surface area contributed by atoms with Crippen molar-refractivity contribution in [1.29, 1.82) is 0 Å². The summed E-state index contributed by atoms with van der Waals surface area (Å²) in [6.07, 6.45) is 5.77. The lowest BCUT2D eigenvalue weighted by atomic mass is 9.48. The summed E-state index contributed by atoms with van der Waals surface area (Å²) in [5, 5.41) is 3.45. The van der Waals surface area contributed by atoms with Crippen molar-refractivity contribution in [3.05, 3.63) is 0 Å². The molecule has 12 heavy (non-hydrogen) atoms. The molecule has 0 aromatic carbocycles. The van der Waals surface area contributed by atoms with Crippen LogP contribution < -0.4 is 5.32 Å². The Labute approximate surface area is 81.7 Å². The molecule has 2 heteroatoms. The molecule has 2 fully saturated rings. The van der Waals surface area contributed by atoms with Crippen LogP contribution in [0.3, 0.4) is 0 Å². The zero-order valence-corrected chi connectivity index (χ0v) is 8.97. The molecule has 0 radical (unpaired) electrons. The summed E-state index contributed by atoms with van der Waals surface area (Å²) in [6, 6.07) is 0. The van der Waals surface area contributed by atoms with E-state index >= 15 is 0 Å². The number of rotatable bonds is 0. The van der Waals surface area contributed by atoms with Gasteiger partial charge in [0, 0.05) is 0 Å². The molecule has 1 N–H and O–H groups in total. The molecule has 1 aliphatic heterocycles. The largest absolute Gasteiger partial charge is 0.317 e. The molecule has 1 aliphatic carbocycles. The van der Waals surface area contributed by atoms with Crippen molar-refractivity contribution < 1.29 is 0 Å². The molecule has 1 spiro atoms. The van der Waals surface area contributed by atoms with Gasteiger partial charge in [-0.15, -0.1) is 12.4 Å². The van der Waals surface area contributed by atoms with Gasteiger partial charge in [0.2, 0.25) is 0 Å². The topological polar surface area (TPSA) is 12.0 Å².